The molecule has 0 unspecified atom stereocenters. The lowest BCUT2D eigenvalue weighted by molar-refractivity contribution is -0.143. The minimum absolute atomic E-state index is 0.0742. The van der Waals surface area contributed by atoms with Crippen LogP contribution in [0.3, 0.4) is 0 Å². The number of carbonyl (C=O) groups excluding carboxylic acids is 1. The lowest BCUT2D eigenvalue weighted by Gasteiger charge is -2.11. The molecule has 0 saturated carbocycles. The molecule has 27 heavy (non-hydrogen) atoms. The van der Waals surface area contributed by atoms with Crippen molar-refractivity contribution in [2.75, 3.05) is 13.2 Å². The van der Waals surface area contributed by atoms with E-state index in [4.69, 9.17) is 14.0 Å². The van der Waals surface area contributed by atoms with Gasteiger partial charge in [-0.2, -0.15) is 13.2 Å². The average Bonchev–Trinajstić information content (AvgIpc) is 3.07. The first kappa shape index (κ1) is 22.8. The lowest BCUT2D eigenvalue weighted by atomic mass is 10.0. The first-order valence-electron chi connectivity index (χ1n) is 9.15. The highest BCUT2D eigenvalue weighted by Crippen LogP contribution is 2.38. The molecule has 0 atom stereocenters. The minimum Gasteiger partial charge on any atom is -0.493 e. The van der Waals surface area contributed by atoms with Gasteiger partial charge in [0.1, 0.15) is 5.75 Å². The molecule has 0 bridgehead atoms. The molecule has 5 nitrogen and oxygen atoms in total. The molecule has 0 aliphatic heterocycles. The Hall–Kier alpha value is -2.25. The van der Waals surface area contributed by atoms with E-state index in [0.717, 1.165) is 0 Å². The highest BCUT2D eigenvalue weighted by atomic mass is 19.4. The first-order valence-corrected chi connectivity index (χ1v) is 9.15. The van der Waals surface area contributed by atoms with Gasteiger partial charge in [0.25, 0.3) is 0 Å². The molecule has 0 fully saturated rings. The van der Waals surface area contributed by atoms with Crippen molar-refractivity contribution in [1.29, 1.82) is 0 Å². The zero-order valence-electron chi connectivity index (χ0n) is 16.1. The zero-order valence-corrected chi connectivity index (χ0v) is 16.1. The Balaban J connectivity index is 0.00000176. The number of ether oxygens (including phenoxy) is 2. The lowest BCUT2D eigenvalue weighted by Crippen LogP contribution is -2.08. The molecule has 0 spiro atoms. The maximum atomic E-state index is 13.0. The summed E-state index contributed by atoms with van der Waals surface area (Å²) in [4.78, 5) is 11.3. The molecule has 0 aliphatic carbocycles. The van der Waals surface area contributed by atoms with E-state index in [1.165, 1.54) is 12.1 Å². The van der Waals surface area contributed by atoms with Crippen molar-refractivity contribution in [3.8, 4) is 5.75 Å². The second kappa shape index (κ2) is 10.8. The van der Waals surface area contributed by atoms with Gasteiger partial charge in [-0.25, -0.2) is 0 Å². The number of benzene rings is 1. The Labute approximate surface area is 156 Å². The van der Waals surface area contributed by atoms with E-state index in [9.17, 15) is 18.0 Å². The van der Waals surface area contributed by atoms with Gasteiger partial charge < -0.3 is 14.0 Å². The number of nitrogens with zero attached hydrogens (tertiary/aromatic N) is 1. The van der Waals surface area contributed by atoms with Crippen LogP contribution in [0.2, 0.25) is 0 Å². The number of halogens is 3. The highest BCUT2D eigenvalue weighted by Gasteiger charge is 2.37. The minimum atomic E-state index is -4.57. The van der Waals surface area contributed by atoms with Crippen LogP contribution in [0.5, 0.6) is 5.75 Å². The van der Waals surface area contributed by atoms with Gasteiger partial charge in [-0.1, -0.05) is 32.3 Å². The van der Waals surface area contributed by atoms with Crippen LogP contribution in [0.4, 0.5) is 13.2 Å². The Morgan fingerprint density at radius 1 is 1.22 bits per heavy atom. The molecular weight excluding hydrogens is 363 g/mol. The van der Waals surface area contributed by atoms with Crippen LogP contribution >= 0.6 is 0 Å². The molecule has 2 rings (SSSR count). The number of carbonyl (C=O) groups is 1. The van der Waals surface area contributed by atoms with Gasteiger partial charge in [-0.15, -0.1) is 0 Å². The summed E-state index contributed by atoms with van der Waals surface area (Å²) in [6.07, 6.45) is -2.69. The quantitative estimate of drug-likeness (QED) is 0.438. The van der Waals surface area contributed by atoms with Crippen molar-refractivity contribution >= 4 is 16.9 Å². The molecule has 0 radical (unpaired) electrons. The Kier molecular flexibility index (Phi) is 9.11. The summed E-state index contributed by atoms with van der Waals surface area (Å²) in [5.41, 5.74) is -0.384. The van der Waals surface area contributed by atoms with Gasteiger partial charge in [-0.3, -0.25) is 4.79 Å². The molecule has 0 N–H and O–H groups in total. The van der Waals surface area contributed by atoms with Crippen molar-refractivity contribution in [3.63, 3.8) is 0 Å². The molecule has 1 aromatic carbocycles. The summed E-state index contributed by atoms with van der Waals surface area (Å²) in [6, 6.07) is 2.79. The van der Waals surface area contributed by atoms with Gasteiger partial charge in [-0.05, 0) is 31.9 Å². The number of aromatic nitrogens is 1. The standard InChI is InChI=1S/C17H20F3NO4.C2H6/c1-3-6-11-13(24-10-5-7-14(22)23-4-2)9-8-12-15(11)25-21-16(12)17(18,19)20;1-2/h8-9H,3-7,10H2,1-2H3;1-2H3. The fourth-order valence-electron chi connectivity index (χ4n) is 2.50. The Morgan fingerprint density at radius 3 is 2.52 bits per heavy atom. The molecular formula is C19H26F3NO4. The Morgan fingerprint density at radius 2 is 1.93 bits per heavy atom. The molecule has 0 aliphatic rings. The molecule has 0 amide bonds. The summed E-state index contributed by atoms with van der Waals surface area (Å²) in [7, 11) is 0. The van der Waals surface area contributed by atoms with E-state index in [1.807, 2.05) is 20.8 Å². The topological polar surface area (TPSA) is 61.6 Å². The number of rotatable bonds is 8. The van der Waals surface area contributed by atoms with E-state index < -0.39 is 11.9 Å². The third-order valence-corrected chi connectivity index (χ3v) is 3.56. The maximum Gasteiger partial charge on any atom is 0.437 e. The van der Waals surface area contributed by atoms with Crippen LogP contribution in [0, 0.1) is 0 Å². The largest absolute Gasteiger partial charge is 0.493 e. The van der Waals surface area contributed by atoms with Crippen LogP contribution in [0.25, 0.3) is 11.0 Å². The van der Waals surface area contributed by atoms with Gasteiger partial charge in [0.2, 0.25) is 0 Å². The van der Waals surface area contributed by atoms with Crippen LogP contribution in [0.1, 0.15) is 58.2 Å². The van der Waals surface area contributed by atoms with Crippen molar-refractivity contribution in [1.82, 2.24) is 5.16 Å². The number of aryl methyl sites for hydroxylation is 1. The van der Waals surface area contributed by atoms with Gasteiger partial charge in [0.15, 0.2) is 11.3 Å². The first-order chi connectivity index (χ1) is 12.9. The summed E-state index contributed by atoms with van der Waals surface area (Å²) >= 11 is 0. The summed E-state index contributed by atoms with van der Waals surface area (Å²) < 4.78 is 54.3. The smallest absolute Gasteiger partial charge is 0.437 e. The predicted octanol–water partition coefficient (Wildman–Crippen LogP) is 5.55. The van der Waals surface area contributed by atoms with E-state index in [1.54, 1.807) is 6.92 Å². The molecule has 1 heterocycles. The highest BCUT2D eigenvalue weighted by molar-refractivity contribution is 5.85. The summed E-state index contributed by atoms with van der Waals surface area (Å²) in [5.74, 6) is 0.142. The molecule has 8 heteroatoms. The fourth-order valence-corrected chi connectivity index (χ4v) is 2.50. The number of hydrogen-bond acceptors (Lipinski definition) is 5. The number of fused-ring (bicyclic) bond motifs is 1. The fraction of sp³-hybridized carbons (Fsp3) is 0.579. The van der Waals surface area contributed by atoms with Gasteiger partial charge in [0.05, 0.1) is 18.6 Å². The van der Waals surface area contributed by atoms with Crippen LogP contribution in [-0.2, 0) is 22.1 Å². The van der Waals surface area contributed by atoms with Crippen molar-refractivity contribution in [3.05, 3.63) is 23.4 Å². The van der Waals surface area contributed by atoms with E-state index in [0.29, 0.717) is 37.2 Å². The van der Waals surface area contributed by atoms with E-state index in [2.05, 4.69) is 5.16 Å². The monoisotopic (exact) mass is 389 g/mol. The van der Waals surface area contributed by atoms with Crippen LogP contribution in [-0.4, -0.2) is 24.3 Å². The summed E-state index contributed by atoms with van der Waals surface area (Å²) in [5, 5.41) is 3.10. The maximum absolute atomic E-state index is 13.0. The SMILES string of the molecule is CC.CCCc1c(OCCCC(=O)OCC)ccc2c(C(F)(F)F)noc12. The van der Waals surface area contributed by atoms with Crippen molar-refractivity contribution < 1.29 is 32.0 Å². The van der Waals surface area contributed by atoms with Gasteiger partial charge >= 0.3 is 12.1 Å². The molecule has 1 aromatic heterocycles. The van der Waals surface area contributed by atoms with Crippen molar-refractivity contribution in [2.45, 2.75) is 59.6 Å². The Bertz CT molecular complexity index is 726. The van der Waals surface area contributed by atoms with E-state index in [-0.39, 0.29) is 30.0 Å². The van der Waals surface area contributed by atoms with E-state index >= 15 is 0 Å². The number of esters is 1. The van der Waals surface area contributed by atoms with Crippen LogP contribution in [0.15, 0.2) is 16.7 Å². The number of alkyl halides is 3. The zero-order chi connectivity index (χ0) is 20.4. The predicted molar refractivity (Wildman–Crippen MR) is 95.7 cm³/mol. The molecule has 2 aromatic rings. The average molecular weight is 389 g/mol. The summed E-state index contributed by atoms with van der Waals surface area (Å²) in [6.45, 7) is 8.21. The van der Waals surface area contributed by atoms with Crippen molar-refractivity contribution in [2.24, 2.45) is 0 Å². The molecule has 0 saturated heterocycles. The third kappa shape index (κ3) is 6.15. The second-order valence-electron chi connectivity index (χ2n) is 5.45. The molecule has 152 valence electrons. The van der Waals surface area contributed by atoms with Crippen LogP contribution < -0.4 is 4.74 Å². The number of hydrogen-bond donors (Lipinski definition) is 0. The third-order valence-electron chi connectivity index (χ3n) is 3.56. The van der Waals surface area contributed by atoms with Gasteiger partial charge in [0, 0.05) is 12.0 Å². The normalized spacial score (nSPS) is 11.1. The second-order valence-corrected chi connectivity index (χ2v) is 5.45.